The van der Waals surface area contributed by atoms with E-state index in [1.54, 1.807) is 30.3 Å². The van der Waals surface area contributed by atoms with E-state index < -0.39 is 16.0 Å². The minimum atomic E-state index is -4.10. The van der Waals surface area contributed by atoms with Crippen LogP contribution in [0.2, 0.25) is 0 Å². The van der Waals surface area contributed by atoms with Crippen LogP contribution in [0.15, 0.2) is 86.6 Å². The van der Waals surface area contributed by atoms with Crippen LogP contribution in [0.25, 0.3) is 6.08 Å². The average Bonchev–Trinajstić information content (AvgIpc) is 3.48. The number of carbonyl (C=O) groups excluding carboxylic acids is 1. The van der Waals surface area contributed by atoms with Gasteiger partial charge in [-0.3, -0.25) is 10.2 Å². The second-order valence-corrected chi connectivity index (χ2v) is 10.7. The SMILES string of the molecule is Cc1ccc(S(=O)(=O)Oc2ccccc2/C=C2/C(=N)N3N=C(c4cccs4)SC3=NC2=O)cc1. The molecule has 170 valence electrons. The number of thiophene rings is 1. The first-order valence-corrected chi connectivity index (χ1v) is 13.1. The lowest BCUT2D eigenvalue weighted by Gasteiger charge is -2.20. The van der Waals surface area contributed by atoms with E-state index in [1.165, 1.54) is 52.4 Å². The zero-order chi connectivity index (χ0) is 23.9. The number of aliphatic imine (C=N–C) groups is 1. The molecule has 3 aromatic rings. The lowest BCUT2D eigenvalue weighted by atomic mass is 10.1. The summed E-state index contributed by atoms with van der Waals surface area (Å²) in [5, 5.41) is 17.2. The van der Waals surface area contributed by atoms with Crippen LogP contribution in [-0.2, 0) is 14.9 Å². The normalized spacial score (nSPS) is 17.0. The molecule has 2 aromatic carbocycles. The minimum Gasteiger partial charge on any atom is -0.378 e. The third-order valence-electron chi connectivity index (χ3n) is 4.91. The maximum Gasteiger partial charge on any atom is 0.339 e. The van der Waals surface area contributed by atoms with E-state index in [-0.39, 0.29) is 22.1 Å². The predicted molar refractivity (Wildman–Crippen MR) is 134 cm³/mol. The molecule has 2 aliphatic heterocycles. The monoisotopic (exact) mass is 508 g/mol. The predicted octanol–water partition coefficient (Wildman–Crippen LogP) is 4.49. The van der Waals surface area contributed by atoms with Crippen molar-refractivity contribution >= 4 is 61.2 Å². The van der Waals surface area contributed by atoms with Crippen LogP contribution in [0.4, 0.5) is 0 Å². The highest BCUT2D eigenvalue weighted by Crippen LogP contribution is 2.33. The Morgan fingerprint density at radius 2 is 1.82 bits per heavy atom. The molecule has 1 N–H and O–H groups in total. The molecule has 0 bridgehead atoms. The van der Waals surface area contributed by atoms with E-state index in [0.29, 0.717) is 15.8 Å². The van der Waals surface area contributed by atoms with Gasteiger partial charge in [-0.25, -0.2) is 0 Å². The van der Waals surface area contributed by atoms with Gasteiger partial charge in [-0.05, 0) is 54.4 Å². The zero-order valence-electron chi connectivity index (χ0n) is 17.6. The molecule has 0 saturated carbocycles. The zero-order valence-corrected chi connectivity index (χ0v) is 20.1. The molecule has 0 atom stereocenters. The van der Waals surface area contributed by atoms with Crippen molar-refractivity contribution in [3.8, 4) is 5.75 Å². The first-order valence-electron chi connectivity index (χ1n) is 9.96. The number of hydrazone groups is 1. The Morgan fingerprint density at radius 3 is 2.56 bits per heavy atom. The number of thioether (sulfide) groups is 1. The molecule has 0 aliphatic carbocycles. The summed E-state index contributed by atoms with van der Waals surface area (Å²) in [6.07, 6.45) is 1.40. The number of para-hydroxylation sites is 1. The average molecular weight is 509 g/mol. The van der Waals surface area contributed by atoms with Crippen molar-refractivity contribution < 1.29 is 17.4 Å². The Morgan fingerprint density at radius 1 is 1.06 bits per heavy atom. The number of carbonyl (C=O) groups is 1. The molecule has 0 radical (unpaired) electrons. The van der Waals surface area contributed by atoms with E-state index in [4.69, 9.17) is 9.59 Å². The Bertz CT molecular complexity index is 1510. The van der Waals surface area contributed by atoms with Gasteiger partial charge in [-0.2, -0.15) is 23.5 Å². The lowest BCUT2D eigenvalue weighted by molar-refractivity contribution is -0.114. The molecule has 3 heterocycles. The Hall–Kier alpha value is -3.54. The number of amidine groups is 2. The van der Waals surface area contributed by atoms with Crippen molar-refractivity contribution in [2.45, 2.75) is 11.8 Å². The molecule has 0 saturated heterocycles. The van der Waals surface area contributed by atoms with Crippen LogP contribution < -0.4 is 4.18 Å². The minimum absolute atomic E-state index is 0.0146. The number of fused-ring (bicyclic) bond motifs is 1. The second kappa shape index (κ2) is 8.67. The van der Waals surface area contributed by atoms with Gasteiger partial charge in [0.15, 0.2) is 5.84 Å². The molecule has 2 aliphatic rings. The van der Waals surface area contributed by atoms with Gasteiger partial charge in [0.05, 0.1) is 10.5 Å². The first kappa shape index (κ1) is 22.3. The fraction of sp³-hybridized carbons (Fsp3) is 0.0435. The maximum atomic E-state index is 12.8. The van der Waals surface area contributed by atoms with Crippen LogP contribution >= 0.6 is 23.1 Å². The number of hydrogen-bond acceptors (Lipinski definition) is 8. The summed E-state index contributed by atoms with van der Waals surface area (Å²) in [6.45, 7) is 1.86. The van der Waals surface area contributed by atoms with Gasteiger partial charge in [0, 0.05) is 5.56 Å². The van der Waals surface area contributed by atoms with Gasteiger partial charge in [0.2, 0.25) is 5.17 Å². The highest BCUT2D eigenvalue weighted by molar-refractivity contribution is 8.27. The largest absolute Gasteiger partial charge is 0.378 e. The van der Waals surface area contributed by atoms with Crippen molar-refractivity contribution in [3.05, 3.63) is 87.6 Å². The lowest BCUT2D eigenvalue weighted by Crippen LogP contribution is -2.35. The Labute approximate surface area is 203 Å². The molecule has 5 rings (SSSR count). The number of hydrogen-bond donors (Lipinski definition) is 1. The van der Waals surface area contributed by atoms with Gasteiger partial charge in [-0.15, -0.1) is 11.3 Å². The molecular weight excluding hydrogens is 492 g/mol. The Balaban J connectivity index is 1.47. The standard InChI is InChI=1S/C23H16N4O4S3/c1-14-8-10-16(11-9-14)34(29,30)31-18-6-3-2-5-15(18)13-17-20(24)27-23(25-21(17)28)33-22(26-27)19-7-4-12-32-19/h2-13,24H,1H3/b17-13-,24-20?. The van der Waals surface area contributed by atoms with E-state index in [1.807, 2.05) is 24.4 Å². The van der Waals surface area contributed by atoms with Crippen LogP contribution in [0, 0.1) is 12.3 Å². The van der Waals surface area contributed by atoms with E-state index in [0.717, 1.165) is 10.4 Å². The van der Waals surface area contributed by atoms with Crippen molar-refractivity contribution in [3.63, 3.8) is 0 Å². The quantitative estimate of drug-likeness (QED) is 0.401. The molecule has 0 unspecified atom stereocenters. The van der Waals surface area contributed by atoms with Gasteiger partial charge in [0.1, 0.15) is 15.7 Å². The van der Waals surface area contributed by atoms with Crippen LogP contribution in [0.5, 0.6) is 5.75 Å². The molecule has 1 aromatic heterocycles. The molecule has 34 heavy (non-hydrogen) atoms. The number of rotatable bonds is 5. The smallest absolute Gasteiger partial charge is 0.339 e. The molecule has 0 spiro atoms. The summed E-state index contributed by atoms with van der Waals surface area (Å²) in [6, 6.07) is 16.5. The maximum absolute atomic E-state index is 12.8. The molecular formula is C23H16N4O4S3. The Kier molecular flexibility index (Phi) is 5.68. The van der Waals surface area contributed by atoms with E-state index >= 15 is 0 Å². The van der Waals surface area contributed by atoms with Crippen molar-refractivity contribution in [2.24, 2.45) is 10.1 Å². The van der Waals surface area contributed by atoms with Crippen LogP contribution in [-0.4, -0.2) is 35.4 Å². The first-order chi connectivity index (χ1) is 16.3. The number of amides is 1. The number of nitrogens with one attached hydrogen (secondary N) is 1. The summed E-state index contributed by atoms with van der Waals surface area (Å²) in [7, 11) is -4.10. The molecule has 8 nitrogen and oxygen atoms in total. The van der Waals surface area contributed by atoms with E-state index in [2.05, 4.69) is 10.1 Å². The molecule has 1 amide bonds. The summed E-state index contributed by atoms with van der Waals surface area (Å²) in [5.74, 6) is -0.725. The third kappa shape index (κ3) is 4.20. The fourth-order valence-electron chi connectivity index (χ4n) is 3.19. The van der Waals surface area contributed by atoms with Gasteiger partial charge < -0.3 is 4.18 Å². The van der Waals surface area contributed by atoms with Gasteiger partial charge in [0.25, 0.3) is 5.91 Å². The third-order valence-corrected chi connectivity index (χ3v) is 8.11. The van der Waals surface area contributed by atoms with Crippen LogP contribution in [0.1, 0.15) is 16.0 Å². The summed E-state index contributed by atoms with van der Waals surface area (Å²) in [5.41, 5.74) is 1.21. The molecule has 11 heteroatoms. The number of benzene rings is 2. The van der Waals surface area contributed by atoms with Gasteiger partial charge in [-0.1, -0.05) is 42.0 Å². The highest BCUT2D eigenvalue weighted by Gasteiger charge is 2.36. The van der Waals surface area contributed by atoms with Crippen molar-refractivity contribution in [2.75, 3.05) is 0 Å². The van der Waals surface area contributed by atoms with Crippen LogP contribution in [0.3, 0.4) is 0 Å². The molecule has 0 fully saturated rings. The van der Waals surface area contributed by atoms with E-state index in [9.17, 15) is 13.2 Å². The summed E-state index contributed by atoms with van der Waals surface area (Å²) >= 11 is 2.72. The number of nitrogens with zero attached hydrogens (tertiary/aromatic N) is 3. The summed E-state index contributed by atoms with van der Waals surface area (Å²) < 4.78 is 31.0. The fourth-order valence-corrected chi connectivity index (χ4v) is 5.83. The highest BCUT2D eigenvalue weighted by atomic mass is 32.2. The van der Waals surface area contributed by atoms with Gasteiger partial charge >= 0.3 is 10.1 Å². The van der Waals surface area contributed by atoms with Crippen molar-refractivity contribution in [1.82, 2.24) is 5.01 Å². The summed E-state index contributed by atoms with van der Waals surface area (Å²) in [4.78, 5) is 17.8. The van der Waals surface area contributed by atoms with Crippen molar-refractivity contribution in [1.29, 1.82) is 5.41 Å². The second-order valence-electron chi connectivity index (χ2n) is 7.29. The number of aryl methyl sites for hydroxylation is 1. The topological polar surface area (TPSA) is 112 Å².